The number of amides is 1. The van der Waals surface area contributed by atoms with Crippen molar-refractivity contribution in [2.75, 3.05) is 18.4 Å². The number of nitrogens with zero attached hydrogens (tertiary/aromatic N) is 1. The molecule has 6 heteroatoms. The molecule has 0 saturated carbocycles. The number of nitrogens with one attached hydrogen (secondary N) is 1. The Bertz CT molecular complexity index is 522. The standard InChI is InChI=1S/C16H23Cl2N3O/c1-11(19)15-4-2-3-8-21(15)9-7-16(22)20-14-10-12(17)5-6-13(14)18/h5-6,10-11,15H,2-4,7-9,19H2,1H3,(H,20,22). The minimum atomic E-state index is -0.0573. The van der Waals surface area contributed by atoms with E-state index in [1.807, 2.05) is 6.92 Å². The summed E-state index contributed by atoms with van der Waals surface area (Å²) in [6, 6.07) is 5.53. The summed E-state index contributed by atoms with van der Waals surface area (Å²) in [5.74, 6) is -0.0573. The predicted molar refractivity (Wildman–Crippen MR) is 92.6 cm³/mol. The molecule has 0 aromatic heterocycles. The first-order chi connectivity index (χ1) is 10.5. The Hall–Kier alpha value is -0.810. The van der Waals surface area contributed by atoms with Gasteiger partial charge in [0.25, 0.3) is 0 Å². The summed E-state index contributed by atoms with van der Waals surface area (Å²) in [7, 11) is 0. The fourth-order valence-corrected chi connectivity index (χ4v) is 3.28. The highest BCUT2D eigenvalue weighted by Crippen LogP contribution is 2.25. The van der Waals surface area contributed by atoms with Crippen LogP contribution in [-0.4, -0.2) is 36.0 Å². The summed E-state index contributed by atoms with van der Waals surface area (Å²) in [4.78, 5) is 14.5. The zero-order valence-electron chi connectivity index (χ0n) is 12.8. The summed E-state index contributed by atoms with van der Waals surface area (Å²) in [6.45, 7) is 3.77. The van der Waals surface area contributed by atoms with Gasteiger partial charge in [0, 0.05) is 30.1 Å². The lowest BCUT2D eigenvalue weighted by Gasteiger charge is -2.37. The zero-order valence-corrected chi connectivity index (χ0v) is 14.3. The van der Waals surface area contributed by atoms with Crippen LogP contribution in [0.25, 0.3) is 0 Å². The molecule has 2 rings (SSSR count). The third-order valence-corrected chi connectivity index (χ3v) is 4.66. The largest absolute Gasteiger partial charge is 0.327 e. The Kier molecular flexibility index (Phi) is 6.50. The molecule has 1 heterocycles. The second-order valence-corrected chi connectivity index (χ2v) is 6.72. The van der Waals surface area contributed by atoms with E-state index < -0.39 is 0 Å². The smallest absolute Gasteiger partial charge is 0.225 e. The minimum Gasteiger partial charge on any atom is -0.327 e. The van der Waals surface area contributed by atoms with Crippen molar-refractivity contribution < 1.29 is 4.79 Å². The molecule has 1 fully saturated rings. The van der Waals surface area contributed by atoms with Gasteiger partial charge in [-0.25, -0.2) is 0 Å². The molecule has 0 aliphatic carbocycles. The molecule has 1 aromatic carbocycles. The Morgan fingerprint density at radius 3 is 2.95 bits per heavy atom. The van der Waals surface area contributed by atoms with Gasteiger partial charge in [-0.05, 0) is 44.5 Å². The van der Waals surface area contributed by atoms with Gasteiger partial charge >= 0.3 is 0 Å². The average molecular weight is 344 g/mol. The van der Waals surface area contributed by atoms with Crippen LogP contribution in [0.5, 0.6) is 0 Å². The number of carbonyl (C=O) groups excluding carboxylic acids is 1. The summed E-state index contributed by atoms with van der Waals surface area (Å²) in [5, 5.41) is 3.86. The Labute approximate surface area is 141 Å². The molecule has 2 unspecified atom stereocenters. The molecule has 1 saturated heterocycles. The van der Waals surface area contributed by atoms with E-state index >= 15 is 0 Å². The van der Waals surface area contributed by atoms with E-state index in [2.05, 4.69) is 10.2 Å². The molecule has 1 aromatic rings. The lowest BCUT2D eigenvalue weighted by atomic mass is 9.97. The number of rotatable bonds is 5. The topological polar surface area (TPSA) is 58.4 Å². The van der Waals surface area contributed by atoms with Gasteiger partial charge in [0.1, 0.15) is 0 Å². The molecule has 22 heavy (non-hydrogen) atoms. The van der Waals surface area contributed by atoms with Crippen molar-refractivity contribution in [1.82, 2.24) is 4.90 Å². The average Bonchev–Trinajstić information content (AvgIpc) is 2.49. The lowest BCUT2D eigenvalue weighted by Crippen LogP contribution is -2.49. The minimum absolute atomic E-state index is 0.0573. The summed E-state index contributed by atoms with van der Waals surface area (Å²) >= 11 is 12.0. The monoisotopic (exact) mass is 343 g/mol. The maximum atomic E-state index is 12.1. The number of benzene rings is 1. The van der Waals surface area contributed by atoms with Crippen molar-refractivity contribution in [3.05, 3.63) is 28.2 Å². The van der Waals surface area contributed by atoms with Gasteiger partial charge < -0.3 is 11.1 Å². The number of nitrogens with two attached hydrogens (primary N) is 1. The van der Waals surface area contributed by atoms with E-state index in [-0.39, 0.29) is 11.9 Å². The van der Waals surface area contributed by atoms with Gasteiger partial charge in [0.15, 0.2) is 0 Å². The van der Waals surface area contributed by atoms with Crippen molar-refractivity contribution in [3.8, 4) is 0 Å². The Balaban J connectivity index is 1.88. The van der Waals surface area contributed by atoms with Crippen LogP contribution in [0.1, 0.15) is 32.6 Å². The van der Waals surface area contributed by atoms with Gasteiger partial charge in [-0.15, -0.1) is 0 Å². The molecule has 1 aliphatic heterocycles. The van der Waals surface area contributed by atoms with Crippen LogP contribution in [0.15, 0.2) is 18.2 Å². The maximum absolute atomic E-state index is 12.1. The van der Waals surface area contributed by atoms with Gasteiger partial charge in [-0.1, -0.05) is 29.6 Å². The van der Waals surface area contributed by atoms with Crippen LogP contribution in [0.3, 0.4) is 0 Å². The SMILES string of the molecule is CC(N)C1CCCCN1CCC(=O)Nc1cc(Cl)ccc1Cl. The van der Waals surface area contributed by atoms with Crippen molar-refractivity contribution in [2.24, 2.45) is 5.73 Å². The van der Waals surface area contributed by atoms with Gasteiger partial charge in [-0.3, -0.25) is 9.69 Å². The first kappa shape index (κ1) is 17.5. The number of likely N-dealkylation sites (tertiary alicyclic amines) is 1. The van der Waals surface area contributed by atoms with Gasteiger partial charge in [-0.2, -0.15) is 0 Å². The fraction of sp³-hybridized carbons (Fsp3) is 0.562. The highest BCUT2D eigenvalue weighted by atomic mass is 35.5. The van der Waals surface area contributed by atoms with Crippen molar-refractivity contribution in [3.63, 3.8) is 0 Å². The molecule has 2 atom stereocenters. The number of carbonyl (C=O) groups is 1. The molecule has 0 spiro atoms. The van der Waals surface area contributed by atoms with Crippen LogP contribution < -0.4 is 11.1 Å². The Morgan fingerprint density at radius 1 is 1.45 bits per heavy atom. The molecule has 1 amide bonds. The molecular weight excluding hydrogens is 321 g/mol. The fourth-order valence-electron chi connectivity index (χ4n) is 2.94. The van der Waals surface area contributed by atoms with Gasteiger partial charge in [0.05, 0.1) is 10.7 Å². The first-order valence-corrected chi connectivity index (χ1v) is 8.47. The van der Waals surface area contributed by atoms with E-state index in [1.165, 1.54) is 12.8 Å². The predicted octanol–water partition coefficient (Wildman–Crippen LogP) is 3.52. The van der Waals surface area contributed by atoms with E-state index in [9.17, 15) is 4.79 Å². The highest BCUT2D eigenvalue weighted by Gasteiger charge is 2.25. The zero-order chi connectivity index (χ0) is 16.1. The van der Waals surface area contributed by atoms with E-state index in [1.54, 1.807) is 18.2 Å². The molecular formula is C16H23Cl2N3O. The van der Waals surface area contributed by atoms with E-state index in [4.69, 9.17) is 28.9 Å². The number of halogens is 2. The summed E-state index contributed by atoms with van der Waals surface area (Å²) in [6.07, 6.45) is 3.92. The number of hydrogen-bond acceptors (Lipinski definition) is 3. The van der Waals surface area contributed by atoms with Gasteiger partial charge in [0.2, 0.25) is 5.91 Å². The van der Waals surface area contributed by atoms with Crippen molar-refractivity contribution >= 4 is 34.8 Å². The molecule has 122 valence electrons. The normalized spacial score (nSPS) is 20.6. The van der Waals surface area contributed by atoms with Crippen LogP contribution in [0.2, 0.25) is 10.0 Å². The second kappa shape index (κ2) is 8.16. The van der Waals surface area contributed by atoms with E-state index in [0.717, 1.165) is 19.5 Å². The molecule has 0 bridgehead atoms. The number of piperidine rings is 1. The maximum Gasteiger partial charge on any atom is 0.225 e. The molecule has 4 nitrogen and oxygen atoms in total. The molecule has 0 radical (unpaired) electrons. The number of hydrogen-bond donors (Lipinski definition) is 2. The lowest BCUT2D eigenvalue weighted by molar-refractivity contribution is -0.116. The van der Waals surface area contributed by atoms with Crippen LogP contribution in [-0.2, 0) is 4.79 Å². The first-order valence-electron chi connectivity index (χ1n) is 7.72. The van der Waals surface area contributed by atoms with Crippen LogP contribution in [0, 0.1) is 0 Å². The quantitative estimate of drug-likeness (QED) is 0.859. The van der Waals surface area contributed by atoms with Crippen LogP contribution >= 0.6 is 23.2 Å². The summed E-state index contributed by atoms with van der Waals surface area (Å²) in [5.41, 5.74) is 6.61. The van der Waals surface area contributed by atoms with Crippen molar-refractivity contribution in [2.45, 2.75) is 44.7 Å². The Morgan fingerprint density at radius 2 is 2.23 bits per heavy atom. The highest BCUT2D eigenvalue weighted by molar-refractivity contribution is 6.35. The third-order valence-electron chi connectivity index (χ3n) is 4.10. The second-order valence-electron chi connectivity index (χ2n) is 5.88. The molecule has 3 N–H and O–H groups in total. The summed E-state index contributed by atoms with van der Waals surface area (Å²) < 4.78 is 0. The van der Waals surface area contributed by atoms with Crippen molar-refractivity contribution in [1.29, 1.82) is 0 Å². The number of anilines is 1. The van der Waals surface area contributed by atoms with E-state index in [0.29, 0.717) is 28.2 Å². The molecule has 1 aliphatic rings. The third kappa shape index (κ3) is 4.85. The van der Waals surface area contributed by atoms with Crippen LogP contribution in [0.4, 0.5) is 5.69 Å².